The molecule has 5 nitrogen and oxygen atoms in total. The number of nitrogens with zero attached hydrogens (tertiary/aromatic N) is 1. The molecule has 25 heavy (non-hydrogen) atoms. The summed E-state index contributed by atoms with van der Waals surface area (Å²) in [6.07, 6.45) is 6.74. The zero-order valence-corrected chi connectivity index (χ0v) is 15.5. The van der Waals surface area contributed by atoms with Gasteiger partial charge in [-0.3, -0.25) is 4.79 Å². The zero-order valence-electron chi connectivity index (χ0n) is 14.7. The van der Waals surface area contributed by atoms with Crippen LogP contribution in [0.25, 0.3) is 0 Å². The topological polar surface area (TPSA) is 75.8 Å². The van der Waals surface area contributed by atoms with Gasteiger partial charge in [0.05, 0.1) is 23.7 Å². The quantitative estimate of drug-likeness (QED) is 0.856. The number of carbonyl (C=O) groups excluding carboxylic acids is 1. The number of nitrogens with two attached hydrogens (primary N) is 1. The number of aliphatic hydroxyl groups is 1. The van der Waals surface area contributed by atoms with E-state index in [2.05, 4.69) is 5.38 Å². The van der Waals surface area contributed by atoms with Crippen molar-refractivity contribution >= 4 is 17.2 Å². The summed E-state index contributed by atoms with van der Waals surface area (Å²) < 4.78 is 5.85. The van der Waals surface area contributed by atoms with Crippen molar-refractivity contribution in [1.29, 1.82) is 0 Å². The second kappa shape index (κ2) is 6.99. The number of rotatable bonds is 4. The second-order valence-corrected chi connectivity index (χ2v) is 8.58. The first-order chi connectivity index (χ1) is 12.2. The molecule has 1 spiro atoms. The molecule has 2 fully saturated rings. The molecule has 1 aromatic heterocycles. The molecule has 0 aromatic carbocycles. The van der Waals surface area contributed by atoms with Crippen molar-refractivity contribution in [3.8, 4) is 0 Å². The third-order valence-corrected chi connectivity index (χ3v) is 7.52. The van der Waals surface area contributed by atoms with Crippen molar-refractivity contribution in [2.24, 2.45) is 11.1 Å². The predicted octanol–water partition coefficient (Wildman–Crippen LogP) is 1.96. The molecule has 2 aliphatic carbocycles. The third-order valence-electron chi connectivity index (χ3n) is 6.46. The summed E-state index contributed by atoms with van der Waals surface area (Å²) in [5.41, 5.74) is 8.06. The average molecular weight is 365 g/mol. The minimum absolute atomic E-state index is 0.0952. The number of aliphatic hydroxyl groups excluding tert-OH is 1. The molecule has 1 aliphatic heterocycles. The summed E-state index contributed by atoms with van der Waals surface area (Å²) in [5.74, 6) is 0.191. The van der Waals surface area contributed by atoms with E-state index >= 15 is 0 Å². The summed E-state index contributed by atoms with van der Waals surface area (Å²) in [7, 11) is 0. The number of hydrogen-bond donors (Lipinski definition) is 2. The molecule has 2 atom stereocenters. The van der Waals surface area contributed by atoms with Crippen LogP contribution in [-0.2, 0) is 17.6 Å². The van der Waals surface area contributed by atoms with Gasteiger partial charge < -0.3 is 20.5 Å². The van der Waals surface area contributed by atoms with Crippen LogP contribution in [0.3, 0.4) is 0 Å². The molecule has 1 aromatic rings. The highest BCUT2D eigenvalue weighted by Crippen LogP contribution is 2.51. The van der Waals surface area contributed by atoms with E-state index < -0.39 is 0 Å². The molecule has 3 aliphatic rings. The van der Waals surface area contributed by atoms with Gasteiger partial charge in [0.15, 0.2) is 0 Å². The highest BCUT2D eigenvalue weighted by Gasteiger charge is 2.56. The number of amides is 1. The number of aryl methyl sites for hydroxylation is 1. The highest BCUT2D eigenvalue weighted by molar-refractivity contribution is 7.12. The van der Waals surface area contributed by atoms with Crippen LogP contribution in [0, 0.1) is 5.41 Å². The standard InChI is InChI=1S/C19H28N2O3S/c20-7-10-24-16-11-15(22)19(16)5-8-21(9-6-19)18(23)17-14-4-2-1-3-13(14)12-25-17/h12,15-16,22H,1-11,20H2/t15-,16+/m0/s1. The number of piperidine rings is 1. The Morgan fingerprint density at radius 1 is 1.36 bits per heavy atom. The van der Waals surface area contributed by atoms with Crippen molar-refractivity contribution in [3.63, 3.8) is 0 Å². The summed E-state index contributed by atoms with van der Waals surface area (Å²) >= 11 is 1.62. The Morgan fingerprint density at radius 2 is 2.12 bits per heavy atom. The molecular weight excluding hydrogens is 336 g/mol. The van der Waals surface area contributed by atoms with E-state index in [1.165, 1.54) is 24.0 Å². The van der Waals surface area contributed by atoms with Crippen LogP contribution in [0.15, 0.2) is 5.38 Å². The highest BCUT2D eigenvalue weighted by atomic mass is 32.1. The summed E-state index contributed by atoms with van der Waals surface area (Å²) in [4.78, 5) is 15.9. The van der Waals surface area contributed by atoms with Crippen LogP contribution >= 0.6 is 11.3 Å². The van der Waals surface area contributed by atoms with E-state index in [9.17, 15) is 9.90 Å². The summed E-state index contributed by atoms with van der Waals surface area (Å²) in [6, 6.07) is 0. The van der Waals surface area contributed by atoms with Crippen molar-refractivity contribution < 1.29 is 14.6 Å². The van der Waals surface area contributed by atoms with Gasteiger partial charge in [0.2, 0.25) is 0 Å². The van der Waals surface area contributed by atoms with Gasteiger partial charge in [-0.05, 0) is 55.0 Å². The molecule has 0 bridgehead atoms. The first kappa shape index (κ1) is 17.5. The average Bonchev–Trinajstić information content (AvgIpc) is 3.08. The molecule has 4 rings (SSSR count). The fourth-order valence-corrected chi connectivity index (χ4v) is 5.92. The molecule has 1 saturated heterocycles. The van der Waals surface area contributed by atoms with E-state index in [1.807, 2.05) is 4.90 Å². The molecule has 6 heteroatoms. The van der Waals surface area contributed by atoms with Crippen LogP contribution in [-0.4, -0.2) is 54.4 Å². The Bertz CT molecular complexity index is 637. The van der Waals surface area contributed by atoms with Crippen LogP contribution < -0.4 is 5.73 Å². The molecule has 3 N–H and O–H groups in total. The van der Waals surface area contributed by atoms with Gasteiger partial charge in [0.1, 0.15) is 0 Å². The fraction of sp³-hybridized carbons (Fsp3) is 0.737. The SMILES string of the molecule is NCCO[C@@H]1C[C@H](O)C12CCN(C(=O)c1scc3c1CCCC3)CC2. The molecule has 1 amide bonds. The Balaban J connectivity index is 1.42. The molecule has 1 saturated carbocycles. The van der Waals surface area contributed by atoms with Gasteiger partial charge in [0.25, 0.3) is 5.91 Å². The van der Waals surface area contributed by atoms with Gasteiger partial charge >= 0.3 is 0 Å². The van der Waals surface area contributed by atoms with Crippen LogP contribution in [0.2, 0.25) is 0 Å². The molecule has 138 valence electrons. The number of thiophene rings is 1. The summed E-state index contributed by atoms with van der Waals surface area (Å²) in [5, 5.41) is 12.5. The first-order valence-electron chi connectivity index (χ1n) is 9.54. The fourth-order valence-electron chi connectivity index (χ4n) is 4.79. The van der Waals surface area contributed by atoms with Crippen LogP contribution in [0.1, 0.15) is 52.9 Å². The lowest BCUT2D eigenvalue weighted by Gasteiger charge is -2.56. The molecule has 0 radical (unpaired) electrons. The van der Waals surface area contributed by atoms with Crippen molar-refractivity contribution in [3.05, 3.63) is 21.4 Å². The Labute approximate surface area is 153 Å². The monoisotopic (exact) mass is 364 g/mol. The number of ether oxygens (including phenoxy) is 1. The van der Waals surface area contributed by atoms with E-state index in [4.69, 9.17) is 10.5 Å². The van der Waals surface area contributed by atoms with Gasteiger partial charge in [0, 0.05) is 31.5 Å². The van der Waals surface area contributed by atoms with E-state index in [0.717, 1.165) is 30.6 Å². The lowest BCUT2D eigenvalue weighted by Crippen LogP contribution is -2.62. The molecule has 0 unspecified atom stereocenters. The minimum atomic E-state index is -0.304. The van der Waals surface area contributed by atoms with Gasteiger partial charge in [-0.15, -0.1) is 11.3 Å². The maximum Gasteiger partial charge on any atom is 0.264 e. The number of carbonyl (C=O) groups is 1. The minimum Gasteiger partial charge on any atom is -0.392 e. The lowest BCUT2D eigenvalue weighted by atomic mass is 9.58. The molecule has 2 heterocycles. The van der Waals surface area contributed by atoms with Gasteiger partial charge in [-0.2, -0.15) is 0 Å². The summed E-state index contributed by atoms with van der Waals surface area (Å²) in [6.45, 7) is 2.48. The number of hydrogen-bond acceptors (Lipinski definition) is 5. The Kier molecular flexibility index (Phi) is 4.88. The number of fused-ring (bicyclic) bond motifs is 1. The van der Waals surface area contributed by atoms with Crippen molar-refractivity contribution in [2.75, 3.05) is 26.2 Å². The van der Waals surface area contributed by atoms with E-state index in [-0.39, 0.29) is 23.5 Å². The van der Waals surface area contributed by atoms with Gasteiger partial charge in [-0.1, -0.05) is 0 Å². The predicted molar refractivity (Wildman–Crippen MR) is 97.9 cm³/mol. The van der Waals surface area contributed by atoms with E-state index in [1.54, 1.807) is 11.3 Å². The zero-order chi connectivity index (χ0) is 17.4. The van der Waals surface area contributed by atoms with Crippen molar-refractivity contribution in [1.82, 2.24) is 4.90 Å². The van der Waals surface area contributed by atoms with Gasteiger partial charge in [-0.25, -0.2) is 0 Å². The Morgan fingerprint density at radius 3 is 2.84 bits per heavy atom. The largest absolute Gasteiger partial charge is 0.392 e. The lowest BCUT2D eigenvalue weighted by molar-refractivity contribution is -0.207. The first-order valence-corrected chi connectivity index (χ1v) is 10.4. The smallest absolute Gasteiger partial charge is 0.264 e. The van der Waals surface area contributed by atoms with Crippen LogP contribution in [0.5, 0.6) is 0 Å². The number of likely N-dealkylation sites (tertiary alicyclic amines) is 1. The normalized spacial score (nSPS) is 27.8. The molecular formula is C19H28N2O3S. The maximum absolute atomic E-state index is 13.0. The van der Waals surface area contributed by atoms with Crippen LogP contribution in [0.4, 0.5) is 0 Å². The van der Waals surface area contributed by atoms with E-state index in [0.29, 0.717) is 32.7 Å². The maximum atomic E-state index is 13.0. The Hall–Kier alpha value is -0.950. The van der Waals surface area contributed by atoms with Crippen molar-refractivity contribution in [2.45, 2.75) is 57.2 Å². The third kappa shape index (κ3) is 2.93. The second-order valence-electron chi connectivity index (χ2n) is 7.70.